The predicted molar refractivity (Wildman–Crippen MR) is 52.1 cm³/mol. The molecule has 0 aliphatic rings. The quantitative estimate of drug-likeness (QED) is 0.574. The monoisotopic (exact) mass is 188 g/mol. The van der Waals surface area contributed by atoms with E-state index in [1.165, 1.54) is 0 Å². The molecule has 0 spiro atoms. The molecule has 4 heteroatoms. The second kappa shape index (κ2) is 4.58. The molecule has 0 radical (unpaired) electrons. The van der Waals surface area contributed by atoms with Crippen LogP contribution in [0.1, 0.15) is 27.7 Å². The normalized spacial score (nSPS) is 14.4. The molecule has 0 bridgehead atoms. The van der Waals surface area contributed by atoms with Crippen LogP contribution in [0.25, 0.3) is 0 Å². The fraction of sp³-hybridized carbons (Fsp3) is 0.889. The fourth-order valence-corrected chi connectivity index (χ4v) is 0.778. The second-order valence-corrected chi connectivity index (χ2v) is 4.23. The largest absolute Gasteiger partial charge is 0.394 e. The highest BCUT2D eigenvalue weighted by Gasteiger charge is 2.25. The van der Waals surface area contributed by atoms with Gasteiger partial charge in [-0.25, -0.2) is 0 Å². The van der Waals surface area contributed by atoms with Crippen LogP contribution in [-0.4, -0.2) is 29.2 Å². The summed E-state index contributed by atoms with van der Waals surface area (Å²) in [6.07, 6.45) is 0. The van der Waals surface area contributed by atoms with Crippen molar-refractivity contribution in [2.45, 2.75) is 39.3 Å². The van der Waals surface area contributed by atoms with Crippen molar-refractivity contribution in [3.8, 4) is 0 Å². The number of nitrogens with two attached hydrogens (primary N) is 1. The van der Waals surface area contributed by atoms with Gasteiger partial charge in [-0.3, -0.25) is 4.79 Å². The molecule has 0 aromatic heterocycles. The number of nitrogens with one attached hydrogen (secondary N) is 1. The third kappa shape index (κ3) is 4.24. The molecule has 78 valence electrons. The number of aliphatic hydroxyl groups excluding tert-OH is 1. The average Bonchev–Trinajstić information content (AvgIpc) is 1.96. The van der Waals surface area contributed by atoms with Crippen LogP contribution < -0.4 is 11.1 Å². The van der Waals surface area contributed by atoms with Crippen molar-refractivity contribution in [1.82, 2.24) is 5.32 Å². The first kappa shape index (κ1) is 12.4. The number of carbonyl (C=O) groups is 1. The molecule has 4 nitrogen and oxygen atoms in total. The van der Waals surface area contributed by atoms with Gasteiger partial charge >= 0.3 is 0 Å². The van der Waals surface area contributed by atoms with Gasteiger partial charge in [0.1, 0.15) is 0 Å². The number of hydrogen-bond acceptors (Lipinski definition) is 3. The average molecular weight is 188 g/mol. The first-order valence-corrected chi connectivity index (χ1v) is 4.49. The maximum absolute atomic E-state index is 11.4. The van der Waals surface area contributed by atoms with Crippen molar-refractivity contribution >= 4 is 5.91 Å². The van der Waals surface area contributed by atoms with Gasteiger partial charge in [0.25, 0.3) is 0 Å². The molecule has 4 N–H and O–H groups in total. The van der Waals surface area contributed by atoms with Crippen molar-refractivity contribution in [3.05, 3.63) is 0 Å². The highest BCUT2D eigenvalue weighted by atomic mass is 16.3. The SMILES string of the molecule is CC(C)[C@@H](CO)NC(=O)C(C)(C)N. The van der Waals surface area contributed by atoms with Crippen molar-refractivity contribution in [1.29, 1.82) is 0 Å². The summed E-state index contributed by atoms with van der Waals surface area (Å²) in [5.41, 5.74) is 4.70. The number of aliphatic hydroxyl groups is 1. The lowest BCUT2D eigenvalue weighted by Crippen LogP contribution is -2.54. The molecule has 0 aliphatic heterocycles. The molecule has 0 fully saturated rings. The Balaban J connectivity index is 4.18. The summed E-state index contributed by atoms with van der Waals surface area (Å²) in [7, 11) is 0. The minimum atomic E-state index is -0.887. The molecule has 0 saturated heterocycles. The van der Waals surface area contributed by atoms with Crippen LogP contribution in [0.15, 0.2) is 0 Å². The molecular formula is C9H20N2O2. The van der Waals surface area contributed by atoms with E-state index >= 15 is 0 Å². The Morgan fingerprint density at radius 2 is 2.00 bits per heavy atom. The van der Waals surface area contributed by atoms with Gasteiger partial charge in [0.05, 0.1) is 18.2 Å². The number of carbonyl (C=O) groups excluding carboxylic acids is 1. The van der Waals surface area contributed by atoms with Crippen molar-refractivity contribution < 1.29 is 9.90 Å². The van der Waals surface area contributed by atoms with E-state index in [0.29, 0.717) is 0 Å². The van der Waals surface area contributed by atoms with Crippen LogP contribution in [0.3, 0.4) is 0 Å². The maximum atomic E-state index is 11.4. The van der Waals surface area contributed by atoms with Gasteiger partial charge in [0.15, 0.2) is 0 Å². The van der Waals surface area contributed by atoms with Crippen molar-refractivity contribution in [2.24, 2.45) is 11.7 Å². The minimum Gasteiger partial charge on any atom is -0.394 e. The molecule has 0 aromatic carbocycles. The Kier molecular flexibility index (Phi) is 4.36. The molecule has 1 atom stereocenters. The van der Waals surface area contributed by atoms with Crippen LogP contribution in [0.4, 0.5) is 0 Å². The fourth-order valence-electron chi connectivity index (χ4n) is 0.778. The van der Waals surface area contributed by atoms with E-state index < -0.39 is 5.54 Å². The first-order chi connectivity index (χ1) is 5.79. The Bertz CT molecular complexity index is 173. The Morgan fingerprint density at radius 1 is 1.54 bits per heavy atom. The Labute approximate surface area is 79.5 Å². The molecule has 0 saturated carbocycles. The van der Waals surface area contributed by atoms with Gasteiger partial charge < -0.3 is 16.2 Å². The first-order valence-electron chi connectivity index (χ1n) is 4.49. The van der Waals surface area contributed by atoms with Gasteiger partial charge in [-0.2, -0.15) is 0 Å². The standard InChI is InChI=1S/C9H20N2O2/c1-6(2)7(5-12)11-8(13)9(3,4)10/h6-7,12H,5,10H2,1-4H3,(H,11,13)/t7-/m1/s1. The highest BCUT2D eigenvalue weighted by molar-refractivity contribution is 5.85. The maximum Gasteiger partial charge on any atom is 0.239 e. The van der Waals surface area contributed by atoms with E-state index in [-0.39, 0.29) is 24.5 Å². The molecule has 0 aromatic rings. The van der Waals surface area contributed by atoms with E-state index in [1.54, 1.807) is 13.8 Å². The van der Waals surface area contributed by atoms with E-state index in [9.17, 15) is 4.79 Å². The molecule has 1 amide bonds. The van der Waals surface area contributed by atoms with Gasteiger partial charge in [-0.15, -0.1) is 0 Å². The molecule has 0 unspecified atom stereocenters. The molecule has 0 heterocycles. The number of amides is 1. The van der Waals surface area contributed by atoms with Crippen LogP contribution in [0, 0.1) is 5.92 Å². The second-order valence-electron chi connectivity index (χ2n) is 4.23. The van der Waals surface area contributed by atoms with Gasteiger partial charge in [0, 0.05) is 0 Å². The zero-order valence-electron chi connectivity index (χ0n) is 8.79. The summed E-state index contributed by atoms with van der Waals surface area (Å²) in [4.78, 5) is 11.4. The smallest absolute Gasteiger partial charge is 0.239 e. The number of hydrogen-bond donors (Lipinski definition) is 3. The topological polar surface area (TPSA) is 75.3 Å². The van der Waals surface area contributed by atoms with Gasteiger partial charge in [-0.1, -0.05) is 13.8 Å². The summed E-state index contributed by atoms with van der Waals surface area (Å²) in [6, 6.07) is -0.213. The summed E-state index contributed by atoms with van der Waals surface area (Å²) in [5, 5.41) is 11.6. The lowest BCUT2D eigenvalue weighted by atomic mass is 10.0. The number of rotatable bonds is 4. The summed E-state index contributed by atoms with van der Waals surface area (Å²) in [5.74, 6) is -0.0310. The van der Waals surface area contributed by atoms with E-state index in [1.807, 2.05) is 13.8 Å². The Morgan fingerprint density at radius 3 is 2.23 bits per heavy atom. The van der Waals surface area contributed by atoms with Crippen LogP contribution >= 0.6 is 0 Å². The summed E-state index contributed by atoms with van der Waals surface area (Å²) < 4.78 is 0. The van der Waals surface area contributed by atoms with Crippen molar-refractivity contribution in [3.63, 3.8) is 0 Å². The van der Waals surface area contributed by atoms with Crippen LogP contribution in [0.2, 0.25) is 0 Å². The molecule has 13 heavy (non-hydrogen) atoms. The van der Waals surface area contributed by atoms with Crippen LogP contribution in [0.5, 0.6) is 0 Å². The molecule has 0 aliphatic carbocycles. The van der Waals surface area contributed by atoms with Gasteiger partial charge in [-0.05, 0) is 19.8 Å². The third-order valence-electron chi connectivity index (χ3n) is 1.90. The molecule has 0 rings (SSSR count). The zero-order valence-corrected chi connectivity index (χ0v) is 8.79. The van der Waals surface area contributed by atoms with Gasteiger partial charge in [0.2, 0.25) is 5.91 Å². The van der Waals surface area contributed by atoms with E-state index in [2.05, 4.69) is 5.32 Å². The third-order valence-corrected chi connectivity index (χ3v) is 1.90. The minimum absolute atomic E-state index is 0.0561. The summed E-state index contributed by atoms with van der Waals surface area (Å²) in [6.45, 7) is 7.09. The van der Waals surface area contributed by atoms with E-state index in [4.69, 9.17) is 10.8 Å². The molecular weight excluding hydrogens is 168 g/mol. The van der Waals surface area contributed by atoms with Crippen LogP contribution in [-0.2, 0) is 4.79 Å². The highest BCUT2D eigenvalue weighted by Crippen LogP contribution is 2.03. The Hall–Kier alpha value is -0.610. The zero-order chi connectivity index (χ0) is 10.6. The summed E-state index contributed by atoms with van der Waals surface area (Å²) >= 11 is 0. The van der Waals surface area contributed by atoms with E-state index in [0.717, 1.165) is 0 Å². The lowest BCUT2D eigenvalue weighted by Gasteiger charge is -2.25. The predicted octanol–water partition coefficient (Wildman–Crippen LogP) is -0.143. The lowest BCUT2D eigenvalue weighted by molar-refractivity contribution is -0.126. The van der Waals surface area contributed by atoms with Crippen molar-refractivity contribution in [2.75, 3.05) is 6.61 Å².